The zero-order valence-electron chi connectivity index (χ0n) is 9.06. The molecule has 1 aliphatic rings. The van der Waals surface area contributed by atoms with Gasteiger partial charge in [0.05, 0.1) is 16.6 Å². The first-order valence-electron chi connectivity index (χ1n) is 5.24. The van der Waals surface area contributed by atoms with E-state index in [1.807, 2.05) is 0 Å². The molecular formula is C11H12ClNO3S. The molecule has 0 radical (unpaired) electrons. The predicted molar refractivity (Wildman–Crippen MR) is 69.1 cm³/mol. The minimum Gasteiger partial charge on any atom is -0.491 e. The van der Waals surface area contributed by atoms with Gasteiger partial charge in [-0.3, -0.25) is 10.1 Å². The third-order valence-electron chi connectivity index (χ3n) is 2.95. The third kappa shape index (κ3) is 2.84. The van der Waals surface area contributed by atoms with Crippen molar-refractivity contribution in [1.82, 2.24) is 0 Å². The molecule has 1 aromatic rings. The molecule has 1 aromatic carbocycles. The summed E-state index contributed by atoms with van der Waals surface area (Å²) >= 11 is 10.2. The lowest BCUT2D eigenvalue weighted by molar-refractivity contribution is -0.384. The van der Waals surface area contributed by atoms with E-state index in [1.165, 1.54) is 18.2 Å². The first-order chi connectivity index (χ1) is 8.06. The van der Waals surface area contributed by atoms with Gasteiger partial charge in [0, 0.05) is 17.5 Å². The predicted octanol–water partition coefficient (Wildman–Crippen LogP) is 3.34. The lowest BCUT2D eigenvalue weighted by Gasteiger charge is -2.14. The van der Waals surface area contributed by atoms with Crippen molar-refractivity contribution >= 4 is 29.9 Å². The van der Waals surface area contributed by atoms with Crippen LogP contribution in [0.3, 0.4) is 0 Å². The molecule has 0 heterocycles. The van der Waals surface area contributed by atoms with E-state index in [0.29, 0.717) is 12.4 Å². The normalized spacial score (nSPS) is 16.6. The van der Waals surface area contributed by atoms with Crippen molar-refractivity contribution < 1.29 is 9.66 Å². The second-order valence-electron chi connectivity index (χ2n) is 4.32. The molecule has 0 saturated heterocycles. The summed E-state index contributed by atoms with van der Waals surface area (Å²) in [5.41, 5.74) is 0.145. The van der Waals surface area contributed by atoms with E-state index in [0.717, 1.165) is 18.6 Å². The zero-order valence-corrected chi connectivity index (χ0v) is 10.7. The number of hydrogen-bond donors (Lipinski definition) is 1. The summed E-state index contributed by atoms with van der Waals surface area (Å²) < 4.78 is 5.59. The van der Waals surface area contributed by atoms with Gasteiger partial charge in [0.25, 0.3) is 5.69 Å². The number of thiol groups is 1. The minimum atomic E-state index is -0.480. The Bertz CT molecular complexity index is 448. The Hall–Kier alpha value is -0.940. The van der Waals surface area contributed by atoms with Crippen LogP contribution < -0.4 is 4.74 Å². The highest BCUT2D eigenvalue weighted by atomic mass is 35.5. The maximum atomic E-state index is 10.5. The first-order valence-corrected chi connectivity index (χ1v) is 6.25. The average molecular weight is 274 g/mol. The molecule has 1 aliphatic carbocycles. The van der Waals surface area contributed by atoms with Crippen LogP contribution in [0.2, 0.25) is 5.02 Å². The topological polar surface area (TPSA) is 52.4 Å². The van der Waals surface area contributed by atoms with E-state index in [1.54, 1.807) is 0 Å². The maximum Gasteiger partial charge on any atom is 0.271 e. The Balaban J connectivity index is 2.04. The van der Waals surface area contributed by atoms with Crippen molar-refractivity contribution in [2.45, 2.75) is 12.8 Å². The van der Waals surface area contributed by atoms with E-state index in [9.17, 15) is 10.1 Å². The molecule has 4 nitrogen and oxygen atoms in total. The maximum absolute atomic E-state index is 10.5. The van der Waals surface area contributed by atoms with Crippen molar-refractivity contribution in [2.75, 3.05) is 12.4 Å². The molecule has 0 spiro atoms. The van der Waals surface area contributed by atoms with Crippen LogP contribution in [0, 0.1) is 15.5 Å². The number of benzene rings is 1. The molecular weight excluding hydrogens is 262 g/mol. The van der Waals surface area contributed by atoms with Crippen LogP contribution in [-0.4, -0.2) is 17.3 Å². The summed E-state index contributed by atoms with van der Waals surface area (Å²) in [6.45, 7) is 0.564. The third-order valence-corrected chi connectivity index (χ3v) is 3.92. The molecule has 0 N–H and O–H groups in total. The highest BCUT2D eigenvalue weighted by Gasteiger charge is 2.42. The molecule has 0 unspecified atom stereocenters. The minimum absolute atomic E-state index is 0.0299. The van der Waals surface area contributed by atoms with Gasteiger partial charge in [-0.05, 0) is 24.7 Å². The largest absolute Gasteiger partial charge is 0.491 e. The summed E-state index contributed by atoms with van der Waals surface area (Å²) in [5, 5.41) is 10.8. The monoisotopic (exact) mass is 273 g/mol. The van der Waals surface area contributed by atoms with Gasteiger partial charge in [0.15, 0.2) is 0 Å². The molecule has 0 aromatic heterocycles. The number of nitrogens with zero attached hydrogens (tertiary/aromatic N) is 1. The molecule has 17 heavy (non-hydrogen) atoms. The van der Waals surface area contributed by atoms with Gasteiger partial charge in [0.2, 0.25) is 0 Å². The number of ether oxygens (including phenoxy) is 1. The molecule has 0 atom stereocenters. The van der Waals surface area contributed by atoms with Gasteiger partial charge < -0.3 is 4.74 Å². The van der Waals surface area contributed by atoms with Crippen LogP contribution >= 0.6 is 24.2 Å². The smallest absolute Gasteiger partial charge is 0.271 e. The summed E-state index contributed by atoms with van der Waals surface area (Å²) in [6.07, 6.45) is 2.22. The number of non-ortho nitro benzene ring substituents is 1. The van der Waals surface area contributed by atoms with Gasteiger partial charge in [-0.15, -0.1) is 0 Å². The first kappa shape index (κ1) is 12.5. The molecule has 0 amide bonds. The van der Waals surface area contributed by atoms with Crippen molar-refractivity contribution in [1.29, 1.82) is 0 Å². The van der Waals surface area contributed by atoms with E-state index in [4.69, 9.17) is 16.3 Å². The molecule has 92 valence electrons. The van der Waals surface area contributed by atoms with Crippen LogP contribution in [-0.2, 0) is 0 Å². The lowest BCUT2D eigenvalue weighted by Crippen LogP contribution is -2.14. The summed E-state index contributed by atoms with van der Waals surface area (Å²) in [4.78, 5) is 10.1. The Kier molecular flexibility index (Phi) is 3.49. The fourth-order valence-corrected chi connectivity index (χ4v) is 2.11. The fourth-order valence-electron chi connectivity index (χ4n) is 1.48. The van der Waals surface area contributed by atoms with E-state index < -0.39 is 4.92 Å². The molecule has 6 heteroatoms. The second kappa shape index (κ2) is 4.74. The molecule has 1 saturated carbocycles. The number of nitro benzene ring substituents is 1. The van der Waals surface area contributed by atoms with Crippen LogP contribution in [0.4, 0.5) is 5.69 Å². The Morgan fingerprint density at radius 3 is 2.71 bits per heavy atom. The standard InChI is InChI=1S/C11H12ClNO3S/c12-9-5-8(13(14)15)1-2-10(9)16-6-11(7-17)3-4-11/h1-2,5,17H,3-4,6-7H2. The quantitative estimate of drug-likeness (QED) is 0.509. The van der Waals surface area contributed by atoms with Crippen molar-refractivity contribution in [3.8, 4) is 5.75 Å². The van der Waals surface area contributed by atoms with Crippen molar-refractivity contribution in [3.05, 3.63) is 33.3 Å². The summed E-state index contributed by atoms with van der Waals surface area (Å²) in [5.74, 6) is 1.28. The molecule has 2 rings (SSSR count). The highest BCUT2D eigenvalue weighted by Crippen LogP contribution is 2.47. The number of rotatable bonds is 5. The summed E-state index contributed by atoms with van der Waals surface area (Å²) in [6, 6.07) is 4.23. The Morgan fingerprint density at radius 1 is 1.53 bits per heavy atom. The van der Waals surface area contributed by atoms with Crippen LogP contribution in [0.15, 0.2) is 18.2 Å². The van der Waals surface area contributed by atoms with Gasteiger partial charge >= 0.3 is 0 Å². The van der Waals surface area contributed by atoms with E-state index >= 15 is 0 Å². The Labute approximate surface area is 109 Å². The van der Waals surface area contributed by atoms with Crippen LogP contribution in [0.5, 0.6) is 5.75 Å². The van der Waals surface area contributed by atoms with Gasteiger partial charge in [-0.2, -0.15) is 12.6 Å². The zero-order chi connectivity index (χ0) is 12.5. The Morgan fingerprint density at radius 2 is 2.24 bits per heavy atom. The molecule has 0 bridgehead atoms. The average Bonchev–Trinajstić information content (AvgIpc) is 3.08. The van der Waals surface area contributed by atoms with Gasteiger partial charge in [0.1, 0.15) is 5.75 Å². The molecule has 1 fully saturated rings. The fraction of sp³-hybridized carbons (Fsp3) is 0.455. The highest BCUT2D eigenvalue weighted by molar-refractivity contribution is 7.80. The van der Waals surface area contributed by atoms with Gasteiger partial charge in [-0.25, -0.2) is 0 Å². The SMILES string of the molecule is O=[N+]([O-])c1ccc(OCC2(CS)CC2)c(Cl)c1. The van der Waals surface area contributed by atoms with Crippen molar-refractivity contribution in [3.63, 3.8) is 0 Å². The van der Waals surface area contributed by atoms with Crippen molar-refractivity contribution in [2.24, 2.45) is 5.41 Å². The number of nitro groups is 1. The number of halogens is 1. The van der Waals surface area contributed by atoms with Crippen LogP contribution in [0.1, 0.15) is 12.8 Å². The number of hydrogen-bond acceptors (Lipinski definition) is 4. The van der Waals surface area contributed by atoms with E-state index in [-0.39, 0.29) is 16.1 Å². The van der Waals surface area contributed by atoms with Gasteiger partial charge in [-0.1, -0.05) is 11.6 Å². The lowest BCUT2D eigenvalue weighted by atomic mass is 10.2. The second-order valence-corrected chi connectivity index (χ2v) is 5.04. The van der Waals surface area contributed by atoms with E-state index in [2.05, 4.69) is 12.6 Å². The molecule has 0 aliphatic heterocycles. The summed E-state index contributed by atoms with van der Waals surface area (Å²) in [7, 11) is 0. The van der Waals surface area contributed by atoms with Crippen LogP contribution in [0.25, 0.3) is 0 Å².